The van der Waals surface area contributed by atoms with Crippen molar-refractivity contribution in [2.45, 2.75) is 65.8 Å². The number of nitrogens with one attached hydrogen (secondary N) is 1. The van der Waals surface area contributed by atoms with Crippen molar-refractivity contribution in [3.05, 3.63) is 90.6 Å². The lowest BCUT2D eigenvalue weighted by atomic mass is 9.63. The summed E-state index contributed by atoms with van der Waals surface area (Å²) in [5.74, 6) is 1.24. The number of fused-ring (bicyclic) bond motifs is 3. The largest absolute Gasteiger partial charge is 0.362 e. The van der Waals surface area contributed by atoms with Crippen molar-refractivity contribution in [2.24, 2.45) is 12.0 Å². The zero-order valence-electron chi connectivity index (χ0n) is 22.4. The topological polar surface area (TPSA) is 33.2 Å². The maximum Gasteiger partial charge on any atom is 0.289 e. The van der Waals surface area contributed by atoms with Crippen LogP contribution in [0.15, 0.2) is 90.0 Å². The van der Waals surface area contributed by atoms with Crippen LogP contribution >= 0.6 is 0 Å². The lowest BCUT2D eigenvalue weighted by Crippen LogP contribution is -2.55. The highest BCUT2D eigenvalue weighted by atomic mass is 15.2. The highest BCUT2D eigenvalue weighted by molar-refractivity contribution is 5.71. The van der Waals surface area contributed by atoms with Gasteiger partial charge in [0.25, 0.3) is 5.82 Å². The van der Waals surface area contributed by atoms with E-state index in [4.69, 9.17) is 4.99 Å². The first kappa shape index (κ1) is 27.1. The summed E-state index contributed by atoms with van der Waals surface area (Å²) in [6.07, 6.45) is 17.1. The molecule has 2 heterocycles. The van der Waals surface area contributed by atoms with Crippen LogP contribution in [0.25, 0.3) is 11.4 Å². The Labute approximate surface area is 207 Å². The third-order valence-corrected chi connectivity index (χ3v) is 6.97. The van der Waals surface area contributed by atoms with Gasteiger partial charge in [0, 0.05) is 23.5 Å². The summed E-state index contributed by atoms with van der Waals surface area (Å²) in [7, 11) is 2.12. The zero-order valence-corrected chi connectivity index (χ0v) is 22.4. The molecule has 0 saturated heterocycles. The second-order valence-corrected chi connectivity index (χ2v) is 9.01. The van der Waals surface area contributed by atoms with Gasteiger partial charge in [0.05, 0.1) is 19.2 Å². The highest BCUT2D eigenvalue weighted by Gasteiger charge is 2.55. The molecule has 1 N–H and O–H groups in total. The number of aliphatic imine (C=N–C) groups is 1. The van der Waals surface area contributed by atoms with E-state index in [0.717, 1.165) is 17.7 Å². The van der Waals surface area contributed by atoms with Gasteiger partial charge in [0.15, 0.2) is 0 Å². The second kappa shape index (κ2) is 11.8. The van der Waals surface area contributed by atoms with Crippen LogP contribution in [0.1, 0.15) is 60.5 Å². The molecule has 182 valence electrons. The molecule has 0 amide bonds. The van der Waals surface area contributed by atoms with Gasteiger partial charge in [0.1, 0.15) is 17.9 Å². The van der Waals surface area contributed by atoms with Crippen LogP contribution in [0.3, 0.4) is 0 Å². The average Bonchev–Trinajstić information content (AvgIpc) is 3.24. The van der Waals surface area contributed by atoms with E-state index in [2.05, 4.69) is 85.5 Å². The molecule has 0 bridgehead atoms. The van der Waals surface area contributed by atoms with Gasteiger partial charge >= 0.3 is 0 Å². The molecule has 4 nitrogen and oxygen atoms in total. The number of aromatic nitrogens is 2. The number of hydrogen-bond donors (Lipinski definition) is 1. The Morgan fingerprint density at radius 3 is 2.59 bits per heavy atom. The van der Waals surface area contributed by atoms with Crippen LogP contribution in [0.2, 0.25) is 0 Å². The van der Waals surface area contributed by atoms with Crippen molar-refractivity contribution in [1.82, 2.24) is 9.88 Å². The first-order valence-corrected chi connectivity index (χ1v) is 12.4. The Hall–Kier alpha value is -3.14. The lowest BCUT2D eigenvalue weighted by Gasteiger charge is -2.47. The Balaban J connectivity index is 0.00000199. The van der Waals surface area contributed by atoms with E-state index < -0.39 is 0 Å². The van der Waals surface area contributed by atoms with E-state index in [0.29, 0.717) is 6.54 Å². The Morgan fingerprint density at radius 1 is 1.21 bits per heavy atom. The molecule has 3 rings (SSSR count). The molecule has 0 saturated carbocycles. The van der Waals surface area contributed by atoms with E-state index >= 15 is 0 Å². The molecule has 1 aromatic heterocycles. The molecule has 0 fully saturated rings. The molecule has 0 spiro atoms. The summed E-state index contributed by atoms with van der Waals surface area (Å²) >= 11 is 0. The summed E-state index contributed by atoms with van der Waals surface area (Å²) in [5.41, 5.74) is 4.46. The fourth-order valence-corrected chi connectivity index (χ4v) is 4.83. The number of rotatable bonds is 8. The normalized spacial score (nSPS) is 19.1. The zero-order chi connectivity index (χ0) is 25.4. The predicted octanol–water partition coefficient (Wildman–Crippen LogP) is 6.61. The summed E-state index contributed by atoms with van der Waals surface area (Å²) in [6.45, 7) is 19.8. The second-order valence-electron chi connectivity index (χ2n) is 9.01. The standard InChI is InChI=1S/C28H37N4.C2H6/c1-8-10-14-22(3)23(4)30-18-13-17-29-21-28(9-2)27(5,6)25-16-12-11-15-24(25)26-31(7)19-20-32(26)28;1-2/h8,10-20,30H,4,9,21H2,1-3,5-7H3;1-2H3/q+1;/b10-8-,18-13-,22-14-,29-17?;/t28-;/m0./s1. The molecule has 1 atom stereocenters. The SMILES string of the molecule is C=C(N/C=C\C=NC[C@]1(CC)n2cc[n+](C)c2-c2ccccc2C1(C)C)/C(C)=C\C=C/C.CC. The van der Waals surface area contributed by atoms with Crippen LogP contribution in [0.4, 0.5) is 0 Å². The quantitative estimate of drug-likeness (QED) is 0.269. The number of allylic oxidation sites excluding steroid dienone is 5. The third-order valence-electron chi connectivity index (χ3n) is 6.97. The van der Waals surface area contributed by atoms with Crippen LogP contribution < -0.4 is 9.88 Å². The van der Waals surface area contributed by atoms with E-state index in [-0.39, 0.29) is 11.0 Å². The maximum absolute atomic E-state index is 4.87. The first-order chi connectivity index (χ1) is 16.3. The minimum absolute atomic E-state index is 0.0698. The third kappa shape index (κ3) is 5.01. The molecule has 1 aliphatic heterocycles. The van der Waals surface area contributed by atoms with Gasteiger partial charge in [-0.3, -0.25) is 4.99 Å². The highest BCUT2D eigenvalue weighted by Crippen LogP contribution is 2.50. The Bertz CT molecular complexity index is 1090. The van der Waals surface area contributed by atoms with Crippen molar-refractivity contribution in [3.8, 4) is 11.4 Å². The van der Waals surface area contributed by atoms with Crippen LogP contribution in [-0.4, -0.2) is 17.3 Å². The predicted molar refractivity (Wildman–Crippen MR) is 147 cm³/mol. The fraction of sp³-hybridized carbons (Fsp3) is 0.400. The van der Waals surface area contributed by atoms with Crippen molar-refractivity contribution in [3.63, 3.8) is 0 Å². The van der Waals surface area contributed by atoms with Gasteiger partial charge in [-0.05, 0) is 43.5 Å². The van der Waals surface area contributed by atoms with Crippen LogP contribution in [-0.2, 0) is 18.0 Å². The number of hydrogen-bond acceptors (Lipinski definition) is 2. The summed E-state index contributed by atoms with van der Waals surface area (Å²) in [5, 5.41) is 3.22. The Morgan fingerprint density at radius 2 is 1.91 bits per heavy atom. The van der Waals surface area contributed by atoms with Gasteiger partial charge in [-0.25, -0.2) is 9.13 Å². The van der Waals surface area contributed by atoms with E-state index in [1.165, 1.54) is 17.0 Å². The summed E-state index contributed by atoms with van der Waals surface area (Å²) < 4.78 is 4.67. The molecule has 2 aromatic rings. The number of nitrogens with zero attached hydrogens (tertiary/aromatic N) is 3. The smallest absolute Gasteiger partial charge is 0.289 e. The summed E-state index contributed by atoms with van der Waals surface area (Å²) in [6, 6.07) is 8.79. The van der Waals surface area contributed by atoms with Crippen molar-refractivity contribution in [2.75, 3.05) is 6.54 Å². The van der Waals surface area contributed by atoms with Gasteiger partial charge in [-0.2, -0.15) is 0 Å². The number of benzene rings is 1. The molecule has 1 aliphatic rings. The first-order valence-electron chi connectivity index (χ1n) is 12.4. The van der Waals surface area contributed by atoms with E-state index in [1.54, 1.807) is 0 Å². The fourth-order valence-electron chi connectivity index (χ4n) is 4.83. The van der Waals surface area contributed by atoms with Gasteiger partial charge in [0.2, 0.25) is 0 Å². The van der Waals surface area contributed by atoms with Crippen molar-refractivity contribution >= 4 is 6.21 Å². The number of imidazole rings is 1. The molecule has 4 heteroatoms. The minimum Gasteiger partial charge on any atom is -0.362 e. The molecule has 0 aliphatic carbocycles. The maximum atomic E-state index is 4.87. The molecular weight excluding hydrogens is 416 g/mol. The van der Waals surface area contributed by atoms with Crippen LogP contribution in [0, 0.1) is 0 Å². The van der Waals surface area contributed by atoms with E-state index in [1.807, 2.05) is 64.4 Å². The monoisotopic (exact) mass is 459 g/mol. The van der Waals surface area contributed by atoms with Crippen molar-refractivity contribution < 1.29 is 4.57 Å². The van der Waals surface area contributed by atoms with Crippen molar-refractivity contribution in [1.29, 1.82) is 0 Å². The van der Waals surface area contributed by atoms with Gasteiger partial charge < -0.3 is 5.32 Å². The average molecular weight is 460 g/mol. The Kier molecular flexibility index (Phi) is 9.43. The minimum atomic E-state index is -0.148. The van der Waals surface area contributed by atoms with E-state index in [9.17, 15) is 0 Å². The summed E-state index contributed by atoms with van der Waals surface area (Å²) in [4.78, 5) is 4.87. The molecule has 0 unspecified atom stereocenters. The number of aryl methyl sites for hydroxylation is 1. The van der Waals surface area contributed by atoms with Gasteiger partial charge in [-0.1, -0.05) is 77.6 Å². The lowest BCUT2D eigenvalue weighted by molar-refractivity contribution is -0.660. The van der Waals surface area contributed by atoms with Gasteiger partial charge in [-0.15, -0.1) is 0 Å². The molecule has 34 heavy (non-hydrogen) atoms. The molecule has 0 radical (unpaired) electrons. The van der Waals surface area contributed by atoms with Crippen LogP contribution in [0.5, 0.6) is 0 Å². The molecule has 1 aromatic carbocycles. The molecular formula is C30H43N4+.